The molecular formula is C15H21BrN2O. The highest BCUT2D eigenvalue weighted by atomic mass is 79.9. The number of carbonyl (C=O) groups is 1. The molecule has 1 aromatic carbocycles. The second kappa shape index (κ2) is 7.06. The summed E-state index contributed by atoms with van der Waals surface area (Å²) in [5, 5.41) is 3.02. The Hall–Kier alpha value is -0.870. The third-order valence-electron chi connectivity index (χ3n) is 3.66. The van der Waals surface area contributed by atoms with E-state index in [0.29, 0.717) is 18.2 Å². The zero-order chi connectivity index (χ0) is 13.7. The van der Waals surface area contributed by atoms with Crippen LogP contribution in [0.1, 0.15) is 36.5 Å². The minimum atomic E-state index is 0.00478. The van der Waals surface area contributed by atoms with Crippen molar-refractivity contribution >= 4 is 21.8 Å². The number of carbonyl (C=O) groups excluding carboxylic acids is 1. The number of likely N-dealkylation sites (tertiary alicyclic amines) is 1. The summed E-state index contributed by atoms with van der Waals surface area (Å²) in [6.45, 7) is 5.22. The second-order valence-electron chi connectivity index (χ2n) is 5.17. The Morgan fingerprint density at radius 1 is 1.37 bits per heavy atom. The van der Waals surface area contributed by atoms with E-state index in [9.17, 15) is 4.79 Å². The maximum absolute atomic E-state index is 12.0. The highest BCUT2D eigenvalue weighted by Gasteiger charge is 2.17. The molecule has 1 amide bonds. The minimum Gasteiger partial charge on any atom is -0.350 e. The molecule has 1 aliphatic rings. The predicted molar refractivity (Wildman–Crippen MR) is 81.4 cm³/mol. The van der Waals surface area contributed by atoms with E-state index >= 15 is 0 Å². The van der Waals surface area contributed by atoms with E-state index in [2.05, 4.69) is 33.1 Å². The number of benzene rings is 1. The number of rotatable bonds is 4. The van der Waals surface area contributed by atoms with Crippen LogP contribution in [0.4, 0.5) is 0 Å². The molecule has 0 spiro atoms. The molecule has 0 saturated carbocycles. The smallest absolute Gasteiger partial charge is 0.251 e. The van der Waals surface area contributed by atoms with Gasteiger partial charge >= 0.3 is 0 Å². The first kappa shape index (κ1) is 14.5. The summed E-state index contributed by atoms with van der Waals surface area (Å²) in [6.07, 6.45) is 3.90. The van der Waals surface area contributed by atoms with E-state index < -0.39 is 0 Å². The Kier molecular flexibility index (Phi) is 5.40. The lowest BCUT2D eigenvalue weighted by Gasteiger charge is -2.32. The standard InChI is InChI=1S/C15H21BrN2O/c1-12(18-8-3-2-4-9-18)11-17-15(19)13-6-5-7-14(16)10-13/h5-7,10,12H,2-4,8-9,11H2,1H3,(H,17,19). The summed E-state index contributed by atoms with van der Waals surface area (Å²) in [7, 11) is 0. The van der Waals surface area contributed by atoms with E-state index in [-0.39, 0.29) is 5.91 Å². The lowest BCUT2D eigenvalue weighted by Crippen LogP contribution is -2.44. The molecule has 1 unspecified atom stereocenters. The molecule has 2 rings (SSSR count). The van der Waals surface area contributed by atoms with Crippen LogP contribution < -0.4 is 5.32 Å². The van der Waals surface area contributed by atoms with Crippen molar-refractivity contribution in [3.8, 4) is 0 Å². The van der Waals surface area contributed by atoms with Gasteiger partial charge in [-0.25, -0.2) is 0 Å². The predicted octanol–water partition coefficient (Wildman–Crippen LogP) is 3.05. The van der Waals surface area contributed by atoms with Crippen molar-refractivity contribution in [2.45, 2.75) is 32.2 Å². The fourth-order valence-electron chi connectivity index (χ4n) is 2.46. The Bertz CT molecular complexity index is 430. The molecule has 1 saturated heterocycles. The van der Waals surface area contributed by atoms with Gasteiger partial charge in [0.15, 0.2) is 0 Å². The van der Waals surface area contributed by atoms with Crippen LogP contribution in [0, 0.1) is 0 Å². The van der Waals surface area contributed by atoms with Crippen LogP contribution in [0.2, 0.25) is 0 Å². The number of halogens is 1. The lowest BCUT2D eigenvalue weighted by atomic mass is 10.1. The number of hydrogen-bond donors (Lipinski definition) is 1. The third kappa shape index (κ3) is 4.32. The third-order valence-corrected chi connectivity index (χ3v) is 4.15. The summed E-state index contributed by atoms with van der Waals surface area (Å²) in [5.74, 6) is 0.00478. The molecule has 0 radical (unpaired) electrons. The largest absolute Gasteiger partial charge is 0.350 e. The van der Waals surface area contributed by atoms with Crippen molar-refractivity contribution in [1.29, 1.82) is 0 Å². The Morgan fingerprint density at radius 2 is 2.11 bits per heavy atom. The molecule has 104 valence electrons. The van der Waals surface area contributed by atoms with Gasteiger partial charge in [-0.1, -0.05) is 28.4 Å². The first-order valence-electron chi connectivity index (χ1n) is 6.94. The van der Waals surface area contributed by atoms with Gasteiger partial charge in [0.25, 0.3) is 5.91 Å². The van der Waals surface area contributed by atoms with Crippen molar-refractivity contribution in [2.75, 3.05) is 19.6 Å². The monoisotopic (exact) mass is 324 g/mol. The second-order valence-corrected chi connectivity index (χ2v) is 6.08. The van der Waals surface area contributed by atoms with Crippen LogP contribution in [-0.2, 0) is 0 Å². The van der Waals surface area contributed by atoms with Crippen LogP contribution in [0.3, 0.4) is 0 Å². The minimum absolute atomic E-state index is 0.00478. The number of amides is 1. The van der Waals surface area contributed by atoms with Crippen LogP contribution >= 0.6 is 15.9 Å². The van der Waals surface area contributed by atoms with Gasteiger partial charge in [0, 0.05) is 22.6 Å². The fourth-order valence-corrected chi connectivity index (χ4v) is 2.86. The summed E-state index contributed by atoms with van der Waals surface area (Å²) in [4.78, 5) is 14.5. The first-order chi connectivity index (χ1) is 9.16. The SMILES string of the molecule is CC(CNC(=O)c1cccc(Br)c1)N1CCCCC1. The molecular weight excluding hydrogens is 304 g/mol. The molecule has 1 aromatic rings. The Balaban J connectivity index is 1.82. The average Bonchev–Trinajstić information content (AvgIpc) is 2.45. The summed E-state index contributed by atoms with van der Waals surface area (Å²) in [6, 6.07) is 7.91. The van der Waals surface area contributed by atoms with Crippen LogP contribution in [0.5, 0.6) is 0 Å². The zero-order valence-electron chi connectivity index (χ0n) is 11.4. The number of nitrogens with one attached hydrogen (secondary N) is 1. The van der Waals surface area contributed by atoms with Crippen LogP contribution in [0.25, 0.3) is 0 Å². The highest BCUT2D eigenvalue weighted by molar-refractivity contribution is 9.10. The normalized spacial score (nSPS) is 18.0. The molecule has 0 bridgehead atoms. The highest BCUT2D eigenvalue weighted by Crippen LogP contribution is 2.13. The quantitative estimate of drug-likeness (QED) is 0.923. The van der Waals surface area contributed by atoms with Crippen LogP contribution in [-0.4, -0.2) is 36.5 Å². The molecule has 1 atom stereocenters. The van der Waals surface area contributed by atoms with E-state index in [1.165, 1.54) is 19.3 Å². The van der Waals surface area contributed by atoms with Gasteiger partial charge in [-0.05, 0) is 51.1 Å². The van der Waals surface area contributed by atoms with E-state index in [4.69, 9.17) is 0 Å². The van der Waals surface area contributed by atoms with Crippen molar-refractivity contribution in [2.24, 2.45) is 0 Å². The van der Waals surface area contributed by atoms with Crippen molar-refractivity contribution in [3.63, 3.8) is 0 Å². The fraction of sp³-hybridized carbons (Fsp3) is 0.533. The average molecular weight is 325 g/mol. The first-order valence-corrected chi connectivity index (χ1v) is 7.74. The van der Waals surface area contributed by atoms with Gasteiger partial charge < -0.3 is 5.32 Å². The van der Waals surface area contributed by atoms with Crippen molar-refractivity contribution in [1.82, 2.24) is 10.2 Å². The van der Waals surface area contributed by atoms with Gasteiger partial charge in [-0.3, -0.25) is 9.69 Å². The van der Waals surface area contributed by atoms with Crippen LogP contribution in [0.15, 0.2) is 28.7 Å². The van der Waals surface area contributed by atoms with E-state index in [1.54, 1.807) is 0 Å². The van der Waals surface area contributed by atoms with Gasteiger partial charge in [-0.15, -0.1) is 0 Å². The Morgan fingerprint density at radius 3 is 2.79 bits per heavy atom. The summed E-state index contributed by atoms with van der Waals surface area (Å²) in [5.41, 5.74) is 0.709. The summed E-state index contributed by atoms with van der Waals surface area (Å²) < 4.78 is 0.934. The summed E-state index contributed by atoms with van der Waals surface area (Å²) >= 11 is 3.38. The maximum Gasteiger partial charge on any atom is 0.251 e. The van der Waals surface area contributed by atoms with Gasteiger partial charge in [0.1, 0.15) is 0 Å². The molecule has 1 aliphatic heterocycles. The number of piperidine rings is 1. The molecule has 1 N–H and O–H groups in total. The lowest BCUT2D eigenvalue weighted by molar-refractivity contribution is 0.0930. The molecule has 3 nitrogen and oxygen atoms in total. The van der Waals surface area contributed by atoms with Gasteiger partial charge in [0.2, 0.25) is 0 Å². The molecule has 0 aliphatic carbocycles. The molecule has 19 heavy (non-hydrogen) atoms. The number of nitrogens with zero attached hydrogens (tertiary/aromatic N) is 1. The maximum atomic E-state index is 12.0. The molecule has 1 fully saturated rings. The topological polar surface area (TPSA) is 32.3 Å². The molecule has 1 heterocycles. The van der Waals surface area contributed by atoms with E-state index in [0.717, 1.165) is 17.6 Å². The van der Waals surface area contributed by atoms with Gasteiger partial charge in [0.05, 0.1) is 0 Å². The molecule has 4 heteroatoms. The zero-order valence-corrected chi connectivity index (χ0v) is 12.9. The molecule has 0 aromatic heterocycles. The van der Waals surface area contributed by atoms with E-state index in [1.807, 2.05) is 24.3 Å². The number of hydrogen-bond acceptors (Lipinski definition) is 2. The Labute approximate surface area is 123 Å². The van der Waals surface area contributed by atoms with Crippen molar-refractivity contribution < 1.29 is 4.79 Å². The van der Waals surface area contributed by atoms with Gasteiger partial charge in [-0.2, -0.15) is 0 Å². The van der Waals surface area contributed by atoms with Crippen molar-refractivity contribution in [3.05, 3.63) is 34.3 Å².